The first-order chi connectivity index (χ1) is 10.7. The monoisotopic (exact) mass is 301 g/mol. The average molecular weight is 301 g/mol. The first-order valence-corrected chi connectivity index (χ1v) is 6.52. The van der Waals surface area contributed by atoms with Gasteiger partial charge in [-0.15, -0.1) is 0 Å². The van der Waals surface area contributed by atoms with Gasteiger partial charge in [-0.1, -0.05) is 36.4 Å². The zero-order valence-corrected chi connectivity index (χ0v) is 12.0. The Labute approximate surface area is 127 Å². The fourth-order valence-corrected chi connectivity index (χ4v) is 1.78. The van der Waals surface area contributed by atoms with E-state index in [0.29, 0.717) is 23.7 Å². The van der Waals surface area contributed by atoms with E-state index in [2.05, 4.69) is 4.89 Å². The van der Waals surface area contributed by atoms with Gasteiger partial charge in [-0.25, -0.2) is 0 Å². The van der Waals surface area contributed by atoms with Gasteiger partial charge in [-0.3, -0.25) is 10.1 Å². The molecule has 6 heteroatoms. The second kappa shape index (κ2) is 7.80. The van der Waals surface area contributed by atoms with Crippen LogP contribution in [-0.2, 0) is 11.5 Å². The summed E-state index contributed by atoms with van der Waals surface area (Å²) in [6, 6.07) is 14.6. The van der Waals surface area contributed by atoms with Crippen molar-refractivity contribution in [2.75, 3.05) is 7.11 Å². The van der Waals surface area contributed by atoms with Crippen LogP contribution in [0.1, 0.15) is 11.1 Å². The molecule has 6 nitrogen and oxygen atoms in total. The molecule has 0 fully saturated rings. The lowest BCUT2D eigenvalue weighted by atomic mass is 10.2. The Bertz CT molecular complexity index is 655. The number of benzene rings is 2. The van der Waals surface area contributed by atoms with E-state index in [1.807, 2.05) is 30.3 Å². The molecule has 0 aromatic heterocycles. The summed E-state index contributed by atoms with van der Waals surface area (Å²) in [5.74, 6) is 0.841. The molecule has 2 rings (SSSR count). The Hall–Kier alpha value is -2.86. The highest BCUT2D eigenvalue weighted by atomic mass is 17.2. The maximum Gasteiger partial charge on any atom is 0.235 e. The van der Waals surface area contributed by atoms with E-state index < -0.39 is 4.92 Å². The van der Waals surface area contributed by atoms with Crippen molar-refractivity contribution in [2.45, 2.75) is 6.61 Å². The summed E-state index contributed by atoms with van der Waals surface area (Å²) < 4.78 is 5.71. The summed E-state index contributed by atoms with van der Waals surface area (Å²) in [6.45, 7) is 0.351. The van der Waals surface area contributed by atoms with Crippen LogP contribution in [0.2, 0.25) is 0 Å². The van der Waals surface area contributed by atoms with Crippen LogP contribution in [0, 0.1) is 10.1 Å². The van der Waals surface area contributed by atoms with Crippen molar-refractivity contribution < 1.29 is 19.4 Å². The van der Waals surface area contributed by atoms with Crippen LogP contribution in [0.15, 0.2) is 54.7 Å². The van der Waals surface area contributed by atoms with Crippen LogP contribution >= 0.6 is 0 Å². The molecule has 0 bridgehead atoms. The third-order valence-corrected chi connectivity index (χ3v) is 2.77. The molecular weight excluding hydrogens is 286 g/mol. The first-order valence-electron chi connectivity index (χ1n) is 6.52. The zero-order valence-electron chi connectivity index (χ0n) is 12.0. The molecule has 0 aliphatic carbocycles. The number of ether oxygens (including phenoxy) is 1. The van der Waals surface area contributed by atoms with Crippen molar-refractivity contribution in [1.82, 2.24) is 0 Å². The van der Waals surface area contributed by atoms with Crippen molar-refractivity contribution in [3.63, 3.8) is 0 Å². The highest BCUT2D eigenvalue weighted by molar-refractivity contribution is 5.55. The first kappa shape index (κ1) is 15.5. The number of hydrogen-bond donors (Lipinski definition) is 0. The number of rotatable bonds is 7. The molecule has 0 radical (unpaired) electrons. The fraction of sp³-hybridized carbons (Fsp3) is 0.125. The summed E-state index contributed by atoms with van der Waals surface area (Å²) in [5.41, 5.74) is 1.63. The van der Waals surface area contributed by atoms with E-state index in [-0.39, 0.29) is 0 Å². The van der Waals surface area contributed by atoms with Crippen molar-refractivity contribution >= 4 is 6.08 Å². The molecule has 0 saturated carbocycles. The van der Waals surface area contributed by atoms with Gasteiger partial charge >= 0.3 is 0 Å². The van der Waals surface area contributed by atoms with Gasteiger partial charge in [0, 0.05) is 6.08 Å². The summed E-state index contributed by atoms with van der Waals surface area (Å²) in [6.07, 6.45) is 2.25. The van der Waals surface area contributed by atoms with Crippen molar-refractivity contribution in [1.29, 1.82) is 0 Å². The topological polar surface area (TPSA) is 70.8 Å². The van der Waals surface area contributed by atoms with Gasteiger partial charge in [0.2, 0.25) is 11.9 Å². The lowest BCUT2D eigenvalue weighted by Crippen LogP contribution is -1.99. The van der Waals surface area contributed by atoms with Gasteiger partial charge < -0.3 is 9.62 Å². The molecule has 0 aliphatic heterocycles. The van der Waals surface area contributed by atoms with Gasteiger partial charge in [0.1, 0.15) is 6.61 Å². The molecule has 0 aliphatic rings. The maximum absolute atomic E-state index is 10.4. The SMILES string of the molecule is COOc1ccc(C=C[N+](=O)[O-])cc1OCc1ccccc1. The minimum Gasteiger partial charge on any atom is -0.485 e. The van der Waals surface area contributed by atoms with Gasteiger partial charge in [-0.2, -0.15) is 4.89 Å². The number of nitrogens with zero attached hydrogens (tertiary/aromatic N) is 1. The van der Waals surface area contributed by atoms with Crippen LogP contribution in [0.3, 0.4) is 0 Å². The second-order valence-electron chi connectivity index (χ2n) is 4.33. The molecule has 2 aromatic carbocycles. The van der Waals surface area contributed by atoms with Gasteiger partial charge in [0.25, 0.3) is 0 Å². The van der Waals surface area contributed by atoms with E-state index in [9.17, 15) is 10.1 Å². The summed E-state index contributed by atoms with van der Waals surface area (Å²) in [5, 5.41) is 10.4. The van der Waals surface area contributed by atoms with E-state index >= 15 is 0 Å². The molecule has 114 valence electrons. The smallest absolute Gasteiger partial charge is 0.235 e. The van der Waals surface area contributed by atoms with Crippen LogP contribution in [0.25, 0.3) is 6.08 Å². The minimum atomic E-state index is -0.524. The van der Waals surface area contributed by atoms with Crippen LogP contribution in [-0.4, -0.2) is 12.0 Å². The third-order valence-electron chi connectivity index (χ3n) is 2.77. The van der Waals surface area contributed by atoms with Crippen molar-refractivity contribution in [2.24, 2.45) is 0 Å². The molecule has 0 amide bonds. The quantitative estimate of drug-likeness (QED) is 0.445. The Morgan fingerprint density at radius 3 is 2.59 bits per heavy atom. The second-order valence-corrected chi connectivity index (χ2v) is 4.33. The largest absolute Gasteiger partial charge is 0.485 e. The summed E-state index contributed by atoms with van der Waals surface area (Å²) in [7, 11) is 1.39. The zero-order chi connectivity index (χ0) is 15.8. The van der Waals surface area contributed by atoms with Crippen molar-refractivity contribution in [3.05, 3.63) is 76.0 Å². The van der Waals surface area contributed by atoms with Gasteiger partial charge in [0.05, 0.1) is 12.0 Å². The molecule has 0 spiro atoms. The molecule has 0 saturated heterocycles. The standard InChI is InChI=1S/C16H15NO5/c1-20-22-15-8-7-13(9-10-17(18)19)11-16(15)21-12-14-5-3-2-4-6-14/h2-11H,12H2,1H3. The normalized spacial score (nSPS) is 10.6. The predicted octanol–water partition coefficient (Wildman–Crippen LogP) is 3.45. The number of hydrogen-bond acceptors (Lipinski definition) is 5. The van der Waals surface area contributed by atoms with Crippen LogP contribution < -0.4 is 9.62 Å². The van der Waals surface area contributed by atoms with E-state index in [1.54, 1.807) is 18.2 Å². The molecule has 2 aromatic rings. The fourth-order valence-electron chi connectivity index (χ4n) is 1.78. The lowest BCUT2D eigenvalue weighted by Gasteiger charge is -2.11. The van der Waals surface area contributed by atoms with E-state index in [4.69, 9.17) is 9.62 Å². The third kappa shape index (κ3) is 4.60. The van der Waals surface area contributed by atoms with E-state index in [1.165, 1.54) is 13.2 Å². The molecule has 0 N–H and O–H groups in total. The highest BCUT2D eigenvalue weighted by Crippen LogP contribution is 2.29. The predicted molar refractivity (Wildman–Crippen MR) is 80.9 cm³/mol. The van der Waals surface area contributed by atoms with E-state index in [0.717, 1.165) is 11.8 Å². The maximum atomic E-state index is 10.4. The Balaban J connectivity index is 2.17. The Kier molecular flexibility index (Phi) is 5.50. The molecule has 0 atom stereocenters. The summed E-state index contributed by atoms with van der Waals surface area (Å²) in [4.78, 5) is 19.5. The minimum absolute atomic E-state index is 0.351. The Morgan fingerprint density at radius 1 is 1.14 bits per heavy atom. The van der Waals surface area contributed by atoms with Crippen LogP contribution in [0.5, 0.6) is 11.5 Å². The molecular formula is C16H15NO5. The van der Waals surface area contributed by atoms with Gasteiger partial charge in [-0.05, 0) is 23.3 Å². The average Bonchev–Trinajstić information content (AvgIpc) is 2.53. The molecule has 0 unspecified atom stereocenters. The molecule has 0 heterocycles. The lowest BCUT2D eigenvalue weighted by molar-refractivity contribution is -0.400. The Morgan fingerprint density at radius 2 is 1.91 bits per heavy atom. The van der Waals surface area contributed by atoms with Gasteiger partial charge in [0.15, 0.2) is 5.75 Å². The number of nitro groups is 1. The summed E-state index contributed by atoms with van der Waals surface area (Å²) >= 11 is 0. The van der Waals surface area contributed by atoms with Crippen molar-refractivity contribution in [3.8, 4) is 11.5 Å². The van der Waals surface area contributed by atoms with Crippen LogP contribution in [0.4, 0.5) is 0 Å². The highest BCUT2D eigenvalue weighted by Gasteiger charge is 2.08. The molecule has 22 heavy (non-hydrogen) atoms.